The molecule has 0 saturated carbocycles. The van der Waals surface area contributed by atoms with Gasteiger partial charge in [0.1, 0.15) is 0 Å². The van der Waals surface area contributed by atoms with Crippen LogP contribution in [0.15, 0.2) is 18.6 Å². The molecule has 2 rings (SSSR count). The molecule has 17 heavy (non-hydrogen) atoms. The normalized spacial score (nSPS) is 10.9. The first-order valence-electron chi connectivity index (χ1n) is 5.92. The summed E-state index contributed by atoms with van der Waals surface area (Å²) in [6, 6.07) is 0. The molecule has 0 aromatic carbocycles. The van der Waals surface area contributed by atoms with Crippen LogP contribution in [0.1, 0.15) is 24.6 Å². The molecule has 92 valence electrons. The summed E-state index contributed by atoms with van der Waals surface area (Å²) in [5.41, 5.74) is 7.60. The lowest BCUT2D eigenvalue weighted by Gasteiger charge is -1.95. The lowest BCUT2D eigenvalue weighted by Crippen LogP contribution is -2.00. The van der Waals surface area contributed by atoms with Gasteiger partial charge in [0.2, 0.25) is 0 Å². The third-order valence-corrected chi connectivity index (χ3v) is 2.58. The number of hydrogen-bond donors (Lipinski definition) is 1. The van der Waals surface area contributed by atoms with E-state index in [4.69, 9.17) is 5.73 Å². The van der Waals surface area contributed by atoms with Crippen LogP contribution < -0.4 is 5.73 Å². The summed E-state index contributed by atoms with van der Waals surface area (Å²) >= 11 is 0. The minimum atomic E-state index is 0.691. The van der Waals surface area contributed by atoms with Crippen molar-refractivity contribution < 1.29 is 0 Å². The number of rotatable bonds is 6. The summed E-state index contributed by atoms with van der Waals surface area (Å²) in [5.74, 6) is 0. The van der Waals surface area contributed by atoms with E-state index in [1.807, 2.05) is 28.0 Å². The maximum atomic E-state index is 5.46. The Balaban J connectivity index is 1.96. The minimum Gasteiger partial charge on any atom is -0.330 e. The van der Waals surface area contributed by atoms with Crippen LogP contribution in [-0.4, -0.2) is 31.3 Å². The molecular weight excluding hydrogens is 216 g/mol. The van der Waals surface area contributed by atoms with E-state index in [1.54, 1.807) is 0 Å². The first-order chi connectivity index (χ1) is 8.31. The van der Waals surface area contributed by atoms with Crippen molar-refractivity contribution in [3.8, 4) is 0 Å². The molecule has 0 unspecified atom stereocenters. The van der Waals surface area contributed by atoms with Crippen LogP contribution in [0.5, 0.6) is 0 Å². The molecule has 0 bridgehead atoms. The van der Waals surface area contributed by atoms with Gasteiger partial charge in [-0.05, 0) is 26.3 Å². The fourth-order valence-electron chi connectivity index (χ4n) is 1.66. The van der Waals surface area contributed by atoms with Crippen LogP contribution in [0, 0.1) is 0 Å². The topological polar surface area (TPSA) is 74.5 Å². The van der Waals surface area contributed by atoms with E-state index in [0.29, 0.717) is 6.54 Å². The van der Waals surface area contributed by atoms with E-state index in [0.717, 1.165) is 37.2 Å². The lowest BCUT2D eigenvalue weighted by atomic mass is 10.2. The SMILES string of the molecule is CCn1cc(Cn2cc(CCCN)nn2)cn1. The standard InChI is InChI=1S/C11H18N6/c1-2-16-7-10(6-13-16)8-17-9-11(14-15-17)4-3-5-12/h6-7,9H,2-5,8,12H2,1H3. The molecular formula is C11H18N6. The minimum absolute atomic E-state index is 0.691. The van der Waals surface area contributed by atoms with Gasteiger partial charge >= 0.3 is 0 Å². The van der Waals surface area contributed by atoms with E-state index in [-0.39, 0.29) is 0 Å². The van der Waals surface area contributed by atoms with E-state index in [2.05, 4.69) is 22.3 Å². The molecule has 2 heterocycles. The molecule has 2 aromatic heterocycles. The molecule has 0 spiro atoms. The molecule has 6 nitrogen and oxygen atoms in total. The molecule has 0 aliphatic rings. The van der Waals surface area contributed by atoms with Crippen molar-refractivity contribution in [2.75, 3.05) is 6.54 Å². The van der Waals surface area contributed by atoms with Crippen molar-refractivity contribution in [2.24, 2.45) is 5.73 Å². The highest BCUT2D eigenvalue weighted by Gasteiger charge is 2.03. The van der Waals surface area contributed by atoms with Gasteiger partial charge in [0.25, 0.3) is 0 Å². The zero-order valence-electron chi connectivity index (χ0n) is 10.1. The van der Waals surface area contributed by atoms with Crippen LogP contribution >= 0.6 is 0 Å². The first kappa shape index (κ1) is 11.8. The Kier molecular flexibility index (Phi) is 3.87. The second kappa shape index (κ2) is 5.58. The van der Waals surface area contributed by atoms with Gasteiger partial charge in [0, 0.05) is 24.5 Å². The maximum Gasteiger partial charge on any atom is 0.0827 e. The molecule has 0 atom stereocenters. The van der Waals surface area contributed by atoms with Crippen LogP contribution in [0.25, 0.3) is 0 Å². The number of aromatic nitrogens is 5. The van der Waals surface area contributed by atoms with Gasteiger partial charge in [-0.2, -0.15) is 5.10 Å². The van der Waals surface area contributed by atoms with Gasteiger partial charge in [-0.15, -0.1) is 5.10 Å². The van der Waals surface area contributed by atoms with E-state index < -0.39 is 0 Å². The molecule has 0 fully saturated rings. The van der Waals surface area contributed by atoms with Gasteiger partial charge < -0.3 is 5.73 Å². The van der Waals surface area contributed by atoms with Crippen LogP contribution in [0.2, 0.25) is 0 Å². The molecule has 0 aliphatic heterocycles. The summed E-state index contributed by atoms with van der Waals surface area (Å²) in [6.07, 6.45) is 7.71. The molecule has 0 aliphatic carbocycles. The van der Waals surface area contributed by atoms with Crippen LogP contribution in [0.4, 0.5) is 0 Å². The lowest BCUT2D eigenvalue weighted by molar-refractivity contribution is 0.641. The Hall–Kier alpha value is -1.69. The second-order valence-electron chi connectivity index (χ2n) is 4.00. The predicted molar refractivity (Wildman–Crippen MR) is 64.4 cm³/mol. The number of nitrogens with zero attached hydrogens (tertiary/aromatic N) is 5. The molecule has 6 heteroatoms. The van der Waals surface area contributed by atoms with Crippen molar-refractivity contribution in [1.29, 1.82) is 0 Å². The second-order valence-corrected chi connectivity index (χ2v) is 4.00. The quantitative estimate of drug-likeness (QED) is 0.786. The highest BCUT2D eigenvalue weighted by molar-refractivity contribution is 5.05. The Morgan fingerprint density at radius 3 is 2.88 bits per heavy atom. The number of nitrogens with two attached hydrogens (primary N) is 1. The zero-order valence-corrected chi connectivity index (χ0v) is 10.1. The van der Waals surface area contributed by atoms with Crippen molar-refractivity contribution in [1.82, 2.24) is 24.8 Å². The smallest absolute Gasteiger partial charge is 0.0827 e. The van der Waals surface area contributed by atoms with Crippen molar-refractivity contribution in [2.45, 2.75) is 32.9 Å². The van der Waals surface area contributed by atoms with E-state index in [9.17, 15) is 0 Å². The highest BCUT2D eigenvalue weighted by atomic mass is 15.4. The largest absolute Gasteiger partial charge is 0.330 e. The first-order valence-corrected chi connectivity index (χ1v) is 5.92. The Bertz CT molecular complexity index is 458. The average molecular weight is 234 g/mol. The van der Waals surface area contributed by atoms with Gasteiger partial charge in [-0.3, -0.25) is 4.68 Å². The maximum absolute atomic E-state index is 5.46. The van der Waals surface area contributed by atoms with Crippen molar-refractivity contribution in [3.05, 3.63) is 29.8 Å². The molecule has 2 N–H and O–H groups in total. The summed E-state index contributed by atoms with van der Waals surface area (Å²) in [4.78, 5) is 0. The highest BCUT2D eigenvalue weighted by Crippen LogP contribution is 2.03. The van der Waals surface area contributed by atoms with Crippen molar-refractivity contribution >= 4 is 0 Å². The summed E-state index contributed by atoms with van der Waals surface area (Å²) < 4.78 is 3.74. The third-order valence-electron chi connectivity index (χ3n) is 2.58. The fraction of sp³-hybridized carbons (Fsp3) is 0.545. The van der Waals surface area contributed by atoms with E-state index in [1.165, 1.54) is 0 Å². The van der Waals surface area contributed by atoms with E-state index >= 15 is 0 Å². The molecule has 0 saturated heterocycles. The predicted octanol–water partition coefficient (Wildman–Crippen LogP) is 0.434. The Morgan fingerprint density at radius 1 is 1.29 bits per heavy atom. The molecule has 2 aromatic rings. The summed E-state index contributed by atoms with van der Waals surface area (Å²) in [7, 11) is 0. The van der Waals surface area contributed by atoms with Gasteiger partial charge in [0.05, 0.1) is 18.4 Å². The number of aryl methyl sites for hydroxylation is 2. The zero-order chi connectivity index (χ0) is 12.1. The van der Waals surface area contributed by atoms with Gasteiger partial charge in [-0.25, -0.2) is 4.68 Å². The number of hydrogen-bond acceptors (Lipinski definition) is 4. The van der Waals surface area contributed by atoms with Crippen molar-refractivity contribution in [3.63, 3.8) is 0 Å². The Labute approximate surface area is 100 Å². The average Bonchev–Trinajstić information content (AvgIpc) is 2.96. The monoisotopic (exact) mass is 234 g/mol. The van der Waals surface area contributed by atoms with Gasteiger partial charge in [0.15, 0.2) is 0 Å². The summed E-state index contributed by atoms with van der Waals surface area (Å²) in [6.45, 7) is 4.36. The molecule has 0 amide bonds. The fourth-order valence-corrected chi connectivity index (χ4v) is 1.66. The third kappa shape index (κ3) is 3.13. The summed E-state index contributed by atoms with van der Waals surface area (Å²) in [5, 5.41) is 12.4. The molecule has 0 radical (unpaired) electrons. The van der Waals surface area contributed by atoms with Gasteiger partial charge in [-0.1, -0.05) is 5.21 Å². The van der Waals surface area contributed by atoms with Crippen LogP contribution in [-0.2, 0) is 19.5 Å². The Morgan fingerprint density at radius 2 is 2.18 bits per heavy atom. The van der Waals surface area contributed by atoms with Crippen LogP contribution in [0.3, 0.4) is 0 Å².